The third kappa shape index (κ3) is 7.80. The van der Waals surface area contributed by atoms with Crippen molar-refractivity contribution >= 4 is 5.97 Å². The molecule has 0 spiro atoms. The molecule has 0 aromatic rings. The summed E-state index contributed by atoms with van der Waals surface area (Å²) >= 11 is 0. The Morgan fingerprint density at radius 1 is 0.692 bits per heavy atom. The number of aliphatic hydroxyl groups is 10. The van der Waals surface area contributed by atoms with Crippen LogP contribution in [-0.4, -0.2) is 180 Å². The minimum Gasteiger partial charge on any atom is -0.479 e. The van der Waals surface area contributed by atoms with Gasteiger partial charge in [-0.15, -0.1) is 0 Å². The first-order valence-corrected chi connectivity index (χ1v) is 23.8. The number of rotatable bonds is 9. The van der Waals surface area contributed by atoms with Gasteiger partial charge in [0.15, 0.2) is 25.0 Å². The summed E-state index contributed by atoms with van der Waals surface area (Å²) in [6.07, 6.45) is -16.1. The van der Waals surface area contributed by atoms with E-state index < -0.39 is 117 Å². The molecule has 11 N–H and O–H groups in total. The lowest BCUT2D eigenvalue weighted by Gasteiger charge is -2.72. The quantitative estimate of drug-likeness (QED) is 0.110. The third-order valence-electron chi connectivity index (χ3n) is 19.1. The van der Waals surface area contributed by atoms with Crippen molar-refractivity contribution in [2.45, 2.75) is 204 Å². The van der Waals surface area contributed by atoms with Crippen LogP contribution in [0, 0.1) is 50.2 Å². The average molecular weight is 929 g/mol. The number of carboxylic acid groups (broad SMARTS) is 1. The Hall–Kier alpha value is -1.43. The second kappa shape index (κ2) is 17.5. The van der Waals surface area contributed by atoms with Gasteiger partial charge in [-0.2, -0.15) is 0 Å². The van der Waals surface area contributed by atoms with E-state index >= 15 is 0 Å². The average Bonchev–Trinajstić information content (AvgIpc) is 3.24. The summed E-state index contributed by atoms with van der Waals surface area (Å²) in [7, 11) is 0. The summed E-state index contributed by atoms with van der Waals surface area (Å²) in [5.41, 5.74) is 0.00468. The van der Waals surface area contributed by atoms with E-state index in [1.807, 2.05) is 6.92 Å². The SMILES string of the molecule is CC1(C)CC(O)C2(C)CC[C@@]3(C)C(=CCC4C5(C)CCC(OC6OC(C(=O)O)C(O)C(O)C6OC6OCC(O)C(O)C6OC6OC(CO)C(O)C(O)C6O)C(C)(CO)C5CCC43C)C2C1. The number of hydrogen-bond donors (Lipinski definition) is 11. The maximum absolute atomic E-state index is 12.4. The van der Waals surface area contributed by atoms with Crippen molar-refractivity contribution in [1.82, 2.24) is 0 Å². The van der Waals surface area contributed by atoms with Crippen molar-refractivity contribution < 1.29 is 89.4 Å². The van der Waals surface area contributed by atoms with Crippen LogP contribution >= 0.6 is 0 Å². The molecule has 8 aliphatic rings. The molecular weight excluding hydrogens is 852 g/mol. The van der Waals surface area contributed by atoms with E-state index in [-0.39, 0.29) is 57.5 Å². The largest absolute Gasteiger partial charge is 0.479 e. The maximum atomic E-state index is 12.4. The molecule has 18 heteroatoms. The van der Waals surface area contributed by atoms with Crippen molar-refractivity contribution in [3.8, 4) is 0 Å². The Balaban J connectivity index is 1.06. The highest BCUT2D eigenvalue weighted by molar-refractivity contribution is 5.73. The molecule has 7 fully saturated rings. The van der Waals surface area contributed by atoms with E-state index in [1.165, 1.54) is 5.57 Å². The van der Waals surface area contributed by atoms with Gasteiger partial charge in [-0.1, -0.05) is 60.1 Å². The van der Waals surface area contributed by atoms with Crippen molar-refractivity contribution in [1.29, 1.82) is 0 Å². The van der Waals surface area contributed by atoms with E-state index in [2.05, 4.69) is 47.6 Å². The van der Waals surface area contributed by atoms with Crippen LogP contribution in [0.2, 0.25) is 0 Å². The summed E-state index contributed by atoms with van der Waals surface area (Å²) in [4.78, 5) is 12.4. The minimum atomic E-state index is -2.04. The van der Waals surface area contributed by atoms with Crippen LogP contribution in [0.4, 0.5) is 0 Å². The number of hydrogen-bond acceptors (Lipinski definition) is 17. The van der Waals surface area contributed by atoms with E-state index in [0.717, 1.165) is 44.9 Å². The predicted octanol–water partition coefficient (Wildman–Crippen LogP) is 0.316. The van der Waals surface area contributed by atoms with Gasteiger partial charge in [0.05, 0.1) is 32.0 Å². The molecule has 5 aliphatic carbocycles. The monoisotopic (exact) mass is 929 g/mol. The van der Waals surface area contributed by atoms with Gasteiger partial charge in [0.2, 0.25) is 0 Å². The molecule has 4 saturated carbocycles. The highest BCUT2D eigenvalue weighted by Gasteiger charge is 2.70. The zero-order valence-corrected chi connectivity index (χ0v) is 38.8. The molecule has 0 amide bonds. The molecule has 372 valence electrons. The minimum absolute atomic E-state index is 0.0207. The van der Waals surface area contributed by atoms with Crippen molar-refractivity contribution in [3.63, 3.8) is 0 Å². The number of carboxylic acids is 1. The third-order valence-corrected chi connectivity index (χ3v) is 19.1. The zero-order chi connectivity index (χ0) is 47.6. The van der Waals surface area contributed by atoms with Gasteiger partial charge >= 0.3 is 5.97 Å². The normalized spacial score (nSPS) is 55.5. The first kappa shape index (κ1) is 50.0. The Bertz CT molecular complexity index is 1780. The highest BCUT2D eigenvalue weighted by Crippen LogP contribution is 2.76. The topological polar surface area (TPSA) is 295 Å². The first-order valence-electron chi connectivity index (χ1n) is 23.8. The second-order valence-electron chi connectivity index (χ2n) is 23.2. The van der Waals surface area contributed by atoms with Gasteiger partial charge in [0, 0.05) is 10.8 Å². The van der Waals surface area contributed by atoms with E-state index in [4.69, 9.17) is 28.4 Å². The fourth-order valence-electron chi connectivity index (χ4n) is 14.9. The highest BCUT2D eigenvalue weighted by atomic mass is 16.8. The van der Waals surface area contributed by atoms with Gasteiger partial charge < -0.3 is 84.6 Å². The lowest BCUT2D eigenvalue weighted by molar-refractivity contribution is -0.388. The molecule has 0 bridgehead atoms. The number of allylic oxidation sites excluding steroid dienone is 2. The van der Waals surface area contributed by atoms with Crippen LogP contribution in [0.25, 0.3) is 0 Å². The zero-order valence-electron chi connectivity index (χ0n) is 38.8. The molecule has 3 heterocycles. The molecule has 24 atom stereocenters. The maximum Gasteiger partial charge on any atom is 0.335 e. The second-order valence-corrected chi connectivity index (χ2v) is 23.2. The standard InChI is InChI=1S/C47H76O18/c1-42(2)16-22-21-8-9-26-44(4)12-11-28(45(5,20-49)25(44)10-13-47(26,7)46(21,6)15-14-43(22,3)27(51)17-42)62-41-37(33(56)32(55)35(63-41)38(58)59)65-40-36(29(52)23(50)19-60-40)64-39-34(57)31(54)30(53)24(18-48)61-39/h8,22-37,39-41,48-57H,9-20H2,1-7H3,(H,58,59)/t22?,23?,24?,25?,26?,27?,28?,29?,30?,31?,32?,33?,34?,35?,36?,37?,39?,40?,41?,43?,44?,45?,46-,47?/m0/s1. The molecule has 0 aromatic carbocycles. The van der Waals surface area contributed by atoms with Crippen LogP contribution in [0.5, 0.6) is 0 Å². The van der Waals surface area contributed by atoms with Crippen LogP contribution in [0.1, 0.15) is 106 Å². The number of carbonyl (C=O) groups is 1. The van der Waals surface area contributed by atoms with Crippen LogP contribution in [0.15, 0.2) is 11.6 Å². The van der Waals surface area contributed by atoms with Gasteiger partial charge in [-0.25, -0.2) is 4.79 Å². The summed E-state index contributed by atoms with van der Waals surface area (Å²) in [6, 6.07) is 0. The van der Waals surface area contributed by atoms with E-state index in [9.17, 15) is 61.0 Å². The number of ether oxygens (including phenoxy) is 6. The molecule has 65 heavy (non-hydrogen) atoms. The van der Waals surface area contributed by atoms with Gasteiger partial charge in [-0.3, -0.25) is 0 Å². The Labute approximate surface area is 380 Å². The number of aliphatic hydroxyl groups excluding tert-OH is 10. The molecular formula is C47H76O18. The number of aliphatic carboxylic acids is 1. The van der Waals surface area contributed by atoms with Crippen molar-refractivity contribution in [3.05, 3.63) is 11.6 Å². The predicted molar refractivity (Wildman–Crippen MR) is 226 cm³/mol. The van der Waals surface area contributed by atoms with E-state index in [1.54, 1.807) is 0 Å². The lowest BCUT2D eigenvalue weighted by atomic mass is 9.33. The fourth-order valence-corrected chi connectivity index (χ4v) is 14.9. The van der Waals surface area contributed by atoms with Crippen molar-refractivity contribution in [2.75, 3.05) is 19.8 Å². The fraction of sp³-hybridized carbons (Fsp3) is 0.936. The summed E-state index contributed by atoms with van der Waals surface area (Å²) < 4.78 is 35.8. The lowest BCUT2D eigenvalue weighted by Crippen LogP contribution is -2.68. The summed E-state index contributed by atoms with van der Waals surface area (Å²) in [6.45, 7) is 14.5. The molecule has 0 aromatic heterocycles. The van der Waals surface area contributed by atoms with Crippen LogP contribution < -0.4 is 0 Å². The molecule has 0 radical (unpaired) electrons. The Morgan fingerprint density at radius 2 is 1.37 bits per heavy atom. The molecule has 3 aliphatic heterocycles. The summed E-state index contributed by atoms with van der Waals surface area (Å²) in [5.74, 6) is -1.11. The Kier molecular flexibility index (Phi) is 13.4. The van der Waals surface area contributed by atoms with Gasteiger partial charge in [0.25, 0.3) is 0 Å². The molecule has 3 saturated heterocycles. The smallest absolute Gasteiger partial charge is 0.335 e. The molecule has 18 nitrogen and oxygen atoms in total. The molecule has 8 rings (SSSR count). The first-order chi connectivity index (χ1) is 30.3. The molecule has 23 unspecified atom stereocenters. The van der Waals surface area contributed by atoms with Crippen LogP contribution in [-0.2, 0) is 33.2 Å². The Morgan fingerprint density at radius 3 is 2.03 bits per heavy atom. The summed E-state index contributed by atoms with van der Waals surface area (Å²) in [5, 5.41) is 119. The van der Waals surface area contributed by atoms with Crippen LogP contribution in [0.3, 0.4) is 0 Å². The van der Waals surface area contributed by atoms with Crippen molar-refractivity contribution in [2.24, 2.45) is 50.2 Å². The van der Waals surface area contributed by atoms with Gasteiger partial charge in [-0.05, 0) is 97.2 Å². The van der Waals surface area contributed by atoms with E-state index in [0.29, 0.717) is 12.8 Å². The number of fused-ring (bicyclic) bond motifs is 7. The van der Waals surface area contributed by atoms with Gasteiger partial charge in [0.1, 0.15) is 61.0 Å².